The average molecular weight is 235 g/mol. The van der Waals surface area contributed by atoms with E-state index in [-0.39, 0.29) is 11.6 Å². The Balaban J connectivity index is 1.73. The molecule has 17 heavy (non-hydrogen) atoms. The zero-order chi connectivity index (χ0) is 11.9. The van der Waals surface area contributed by atoms with Gasteiger partial charge in [0.25, 0.3) is 0 Å². The van der Waals surface area contributed by atoms with E-state index < -0.39 is 0 Å². The van der Waals surface area contributed by atoms with Gasteiger partial charge in [0.15, 0.2) is 0 Å². The van der Waals surface area contributed by atoms with Crippen molar-refractivity contribution in [1.29, 1.82) is 0 Å². The van der Waals surface area contributed by atoms with Crippen LogP contribution in [0.25, 0.3) is 0 Å². The van der Waals surface area contributed by atoms with Crippen molar-refractivity contribution >= 4 is 0 Å². The molecule has 3 heteroatoms. The molecule has 2 unspecified atom stereocenters. The molecule has 2 aliphatic rings. The minimum Gasteiger partial charge on any atom is -0.469 e. The van der Waals surface area contributed by atoms with Crippen LogP contribution in [0.2, 0.25) is 0 Å². The first-order valence-corrected chi connectivity index (χ1v) is 6.64. The molecular weight excluding hydrogens is 214 g/mol. The summed E-state index contributed by atoms with van der Waals surface area (Å²) in [4.78, 5) is 0. The van der Waals surface area contributed by atoms with Gasteiger partial charge in [0.05, 0.1) is 11.9 Å². The Kier molecular flexibility index (Phi) is 2.75. The number of hydrogen-bond donors (Lipinski definition) is 1. The first-order chi connectivity index (χ1) is 8.20. The summed E-state index contributed by atoms with van der Waals surface area (Å²) in [6.07, 6.45) is 7.70. The molecule has 2 fully saturated rings. The van der Waals surface area contributed by atoms with Crippen LogP contribution < -0.4 is 5.73 Å². The second kappa shape index (κ2) is 4.14. The summed E-state index contributed by atoms with van der Waals surface area (Å²) in [6, 6.07) is 2.12. The normalized spacial score (nSPS) is 28.9. The van der Waals surface area contributed by atoms with Crippen LogP contribution in [-0.4, -0.2) is 12.2 Å². The van der Waals surface area contributed by atoms with Crippen molar-refractivity contribution < 1.29 is 9.15 Å². The van der Waals surface area contributed by atoms with E-state index in [1.807, 2.05) is 13.0 Å². The molecule has 1 aliphatic heterocycles. The molecule has 0 bridgehead atoms. The smallest absolute Gasteiger partial charge is 0.105 e. The van der Waals surface area contributed by atoms with Crippen LogP contribution >= 0.6 is 0 Å². The Hall–Kier alpha value is -0.800. The molecule has 1 aliphatic carbocycles. The van der Waals surface area contributed by atoms with Gasteiger partial charge < -0.3 is 14.9 Å². The van der Waals surface area contributed by atoms with E-state index in [1.54, 1.807) is 6.26 Å². The molecule has 1 spiro atoms. The lowest BCUT2D eigenvalue weighted by atomic mass is 9.70. The lowest BCUT2D eigenvalue weighted by Gasteiger charge is -2.48. The lowest BCUT2D eigenvalue weighted by Crippen LogP contribution is -2.47. The minimum atomic E-state index is 0.107. The van der Waals surface area contributed by atoms with Gasteiger partial charge in [-0.1, -0.05) is 0 Å². The van der Waals surface area contributed by atoms with E-state index in [2.05, 4.69) is 0 Å². The second-order valence-electron chi connectivity index (χ2n) is 5.60. The summed E-state index contributed by atoms with van der Waals surface area (Å²) in [7, 11) is 0. The summed E-state index contributed by atoms with van der Waals surface area (Å²) in [6.45, 7) is 2.86. The molecule has 3 rings (SSSR count). The van der Waals surface area contributed by atoms with Crippen LogP contribution in [0.3, 0.4) is 0 Å². The van der Waals surface area contributed by atoms with Gasteiger partial charge in [-0.2, -0.15) is 0 Å². The third-order valence-electron chi connectivity index (χ3n) is 4.56. The van der Waals surface area contributed by atoms with Gasteiger partial charge in [0.2, 0.25) is 0 Å². The number of nitrogens with two attached hydrogens (primary N) is 1. The largest absolute Gasteiger partial charge is 0.469 e. The maximum atomic E-state index is 6.40. The molecule has 0 amide bonds. The van der Waals surface area contributed by atoms with Crippen molar-refractivity contribution in [1.82, 2.24) is 0 Å². The molecule has 1 saturated carbocycles. The van der Waals surface area contributed by atoms with E-state index in [0.29, 0.717) is 5.92 Å². The summed E-state index contributed by atoms with van der Waals surface area (Å²) in [5.41, 5.74) is 7.75. The third kappa shape index (κ3) is 1.91. The van der Waals surface area contributed by atoms with Gasteiger partial charge in [0.1, 0.15) is 5.76 Å². The Bertz CT molecular complexity index is 395. The van der Waals surface area contributed by atoms with Gasteiger partial charge >= 0.3 is 0 Å². The molecule has 1 aromatic heterocycles. The Morgan fingerprint density at radius 1 is 1.47 bits per heavy atom. The fraction of sp³-hybridized carbons (Fsp3) is 0.714. The van der Waals surface area contributed by atoms with Crippen molar-refractivity contribution in [2.45, 2.75) is 50.7 Å². The Labute approximate surface area is 102 Å². The van der Waals surface area contributed by atoms with E-state index in [0.717, 1.165) is 25.2 Å². The van der Waals surface area contributed by atoms with E-state index in [1.165, 1.54) is 24.8 Å². The molecule has 2 heterocycles. The quantitative estimate of drug-likeness (QED) is 0.857. The number of aryl methyl sites for hydroxylation is 1. The molecule has 1 aromatic rings. The van der Waals surface area contributed by atoms with Crippen LogP contribution in [0.15, 0.2) is 16.7 Å². The van der Waals surface area contributed by atoms with Gasteiger partial charge in [-0.3, -0.25) is 0 Å². The molecule has 2 atom stereocenters. The van der Waals surface area contributed by atoms with Gasteiger partial charge in [-0.05, 0) is 51.0 Å². The minimum absolute atomic E-state index is 0.107. The number of ether oxygens (including phenoxy) is 1. The highest BCUT2D eigenvalue weighted by Gasteiger charge is 2.44. The fourth-order valence-corrected chi connectivity index (χ4v) is 3.29. The third-order valence-corrected chi connectivity index (χ3v) is 4.56. The summed E-state index contributed by atoms with van der Waals surface area (Å²) < 4.78 is 11.3. The molecule has 1 saturated heterocycles. The van der Waals surface area contributed by atoms with Crippen molar-refractivity contribution in [2.24, 2.45) is 11.7 Å². The number of rotatable bonds is 2. The molecular formula is C14H21NO2. The molecule has 94 valence electrons. The van der Waals surface area contributed by atoms with Gasteiger partial charge in [0, 0.05) is 18.2 Å². The summed E-state index contributed by atoms with van der Waals surface area (Å²) >= 11 is 0. The van der Waals surface area contributed by atoms with Crippen molar-refractivity contribution in [3.05, 3.63) is 23.7 Å². The lowest BCUT2D eigenvalue weighted by molar-refractivity contribution is -0.146. The second-order valence-corrected chi connectivity index (χ2v) is 5.60. The molecule has 0 aromatic carbocycles. The monoisotopic (exact) mass is 235 g/mol. The average Bonchev–Trinajstić information content (AvgIpc) is 2.73. The van der Waals surface area contributed by atoms with Crippen LogP contribution in [-0.2, 0) is 4.74 Å². The predicted octanol–water partition coefficient (Wildman–Crippen LogP) is 2.94. The van der Waals surface area contributed by atoms with Crippen LogP contribution in [0.4, 0.5) is 0 Å². The van der Waals surface area contributed by atoms with Crippen molar-refractivity contribution in [3.63, 3.8) is 0 Å². The Morgan fingerprint density at radius 3 is 2.88 bits per heavy atom. The van der Waals surface area contributed by atoms with Gasteiger partial charge in [-0.25, -0.2) is 0 Å². The topological polar surface area (TPSA) is 48.4 Å². The number of hydrogen-bond acceptors (Lipinski definition) is 3. The highest BCUT2D eigenvalue weighted by Crippen LogP contribution is 2.46. The zero-order valence-corrected chi connectivity index (χ0v) is 10.4. The highest BCUT2D eigenvalue weighted by atomic mass is 16.5. The maximum absolute atomic E-state index is 6.40. The summed E-state index contributed by atoms with van der Waals surface area (Å²) in [5, 5.41) is 0. The Morgan fingerprint density at radius 2 is 2.29 bits per heavy atom. The standard InChI is InChI=1S/C14H21NO2/c1-10-12(4-7-16-10)13(15)11-3-8-17-14(9-11)5-2-6-14/h4,7,11,13H,2-3,5-6,8-9,15H2,1H3. The van der Waals surface area contributed by atoms with Crippen molar-refractivity contribution in [3.8, 4) is 0 Å². The maximum Gasteiger partial charge on any atom is 0.105 e. The number of furan rings is 1. The van der Waals surface area contributed by atoms with E-state index >= 15 is 0 Å². The SMILES string of the molecule is Cc1occc1C(N)C1CCOC2(CCC2)C1. The van der Waals surface area contributed by atoms with Crippen LogP contribution in [0.5, 0.6) is 0 Å². The first kappa shape index (κ1) is 11.3. The molecule has 2 N–H and O–H groups in total. The molecule has 3 nitrogen and oxygen atoms in total. The molecule has 0 radical (unpaired) electrons. The van der Waals surface area contributed by atoms with Gasteiger partial charge in [-0.15, -0.1) is 0 Å². The predicted molar refractivity (Wildman–Crippen MR) is 65.6 cm³/mol. The van der Waals surface area contributed by atoms with E-state index in [9.17, 15) is 0 Å². The van der Waals surface area contributed by atoms with E-state index in [4.69, 9.17) is 14.9 Å². The van der Waals surface area contributed by atoms with Crippen molar-refractivity contribution in [2.75, 3.05) is 6.61 Å². The zero-order valence-electron chi connectivity index (χ0n) is 10.4. The first-order valence-electron chi connectivity index (χ1n) is 6.64. The van der Waals surface area contributed by atoms with Crippen LogP contribution in [0.1, 0.15) is 49.5 Å². The fourth-order valence-electron chi connectivity index (χ4n) is 3.29. The highest BCUT2D eigenvalue weighted by molar-refractivity contribution is 5.21. The summed E-state index contributed by atoms with van der Waals surface area (Å²) in [5.74, 6) is 1.51. The van der Waals surface area contributed by atoms with Crippen LogP contribution in [0, 0.1) is 12.8 Å².